The first kappa shape index (κ1) is 5.72. The molecule has 0 N–H and O–H groups in total. The van der Waals surface area contributed by atoms with Crippen LogP contribution in [-0.2, 0) is 0 Å². The van der Waals surface area contributed by atoms with Crippen LogP contribution in [0.5, 0.6) is 0 Å². The second-order valence-electron chi connectivity index (χ2n) is 0.590. The molecule has 0 aliphatic carbocycles. The van der Waals surface area contributed by atoms with Crippen molar-refractivity contribution in [2.45, 2.75) is 6.43 Å². The molecule has 0 nitrogen and oxygen atoms in total. The van der Waals surface area contributed by atoms with Crippen molar-refractivity contribution in [2.75, 3.05) is 0 Å². The van der Waals surface area contributed by atoms with Crippen LogP contribution in [0.2, 0.25) is 0 Å². The highest BCUT2D eigenvalue weighted by molar-refractivity contribution is 4.59. The van der Waals surface area contributed by atoms with E-state index in [9.17, 15) is 17.6 Å². The summed E-state index contributed by atoms with van der Waals surface area (Å²) in [6.07, 6.45) is -6.39. The van der Waals surface area contributed by atoms with Crippen LogP contribution in [0.25, 0.3) is 0 Å². The zero-order chi connectivity index (χ0) is 5.15. The van der Waals surface area contributed by atoms with Crippen molar-refractivity contribution in [1.82, 2.24) is 0 Å². The maximum atomic E-state index is 10.4. The van der Waals surface area contributed by atoms with E-state index in [1.807, 2.05) is 0 Å². The van der Waals surface area contributed by atoms with E-state index < -0.39 is 12.9 Å². The Morgan fingerprint density at radius 3 is 1.33 bits per heavy atom. The molecule has 0 aliphatic heterocycles. The van der Waals surface area contributed by atoms with Gasteiger partial charge in [0.15, 0.2) is 0 Å². The van der Waals surface area contributed by atoms with Gasteiger partial charge in [0, 0.05) is 0 Å². The van der Waals surface area contributed by atoms with Gasteiger partial charge in [-0.3, -0.25) is 0 Å². The molecule has 0 fully saturated rings. The molecule has 0 aliphatic rings. The fourth-order valence-electron chi connectivity index (χ4n) is 0. The quantitative estimate of drug-likeness (QED) is 0.441. The fourth-order valence-corrected chi connectivity index (χ4v) is 0. The normalized spacial score (nSPS) is 11.0. The minimum atomic E-state index is -3.56. The van der Waals surface area contributed by atoms with E-state index in [1.165, 1.54) is 0 Å². The van der Waals surface area contributed by atoms with Crippen molar-refractivity contribution in [3.8, 4) is 0 Å². The molecule has 0 unspecified atom stereocenters. The SMILES string of the molecule is F[C](F)C(F)F. The highest BCUT2D eigenvalue weighted by Gasteiger charge is 2.18. The molecule has 0 rings (SSSR count). The molecular weight excluding hydrogens is 100 g/mol. The number of hydrogen-bond acceptors (Lipinski definition) is 0. The van der Waals surface area contributed by atoms with Crippen molar-refractivity contribution in [1.29, 1.82) is 0 Å². The Bertz CT molecular complexity index is 26.5. The molecule has 0 aromatic heterocycles. The van der Waals surface area contributed by atoms with Gasteiger partial charge in [0.1, 0.15) is 0 Å². The van der Waals surface area contributed by atoms with Crippen molar-refractivity contribution in [2.24, 2.45) is 0 Å². The second-order valence-corrected chi connectivity index (χ2v) is 0.590. The molecule has 37 valence electrons. The molecule has 0 aromatic rings. The maximum Gasteiger partial charge on any atom is 0.375 e. The Labute approximate surface area is 31.8 Å². The van der Waals surface area contributed by atoms with Crippen molar-refractivity contribution in [3.05, 3.63) is 6.43 Å². The number of rotatable bonds is 1. The molecule has 0 saturated carbocycles. The van der Waals surface area contributed by atoms with Gasteiger partial charge in [-0.1, -0.05) is 0 Å². The van der Waals surface area contributed by atoms with Crippen molar-refractivity contribution < 1.29 is 17.6 Å². The van der Waals surface area contributed by atoms with Gasteiger partial charge in [-0.15, -0.1) is 0 Å². The predicted octanol–water partition coefficient (Wildman–Crippen LogP) is 1.68. The lowest BCUT2D eigenvalue weighted by atomic mass is 10.8. The lowest BCUT2D eigenvalue weighted by Gasteiger charge is -1.86. The zero-order valence-electron chi connectivity index (χ0n) is 2.59. The Hall–Kier alpha value is -0.280. The standard InChI is InChI=1S/C2HF4/c3-1(4)2(5)6/h1H. The molecule has 0 atom stereocenters. The van der Waals surface area contributed by atoms with Crippen LogP contribution in [0.1, 0.15) is 0 Å². The Morgan fingerprint density at radius 1 is 1.17 bits per heavy atom. The first-order valence-electron chi connectivity index (χ1n) is 1.10. The molecule has 0 amide bonds. The van der Waals surface area contributed by atoms with Crippen LogP contribution < -0.4 is 0 Å². The summed E-state index contributed by atoms with van der Waals surface area (Å²) in [6, 6.07) is 0. The number of halogens is 4. The third-order valence-corrected chi connectivity index (χ3v) is 0.165. The summed E-state index contributed by atoms with van der Waals surface area (Å²) in [4.78, 5) is 0. The molecule has 0 bridgehead atoms. The summed E-state index contributed by atoms with van der Waals surface area (Å²) in [7, 11) is 0. The largest absolute Gasteiger partial charge is 0.375 e. The summed E-state index contributed by atoms with van der Waals surface area (Å²) in [5.74, 6) is 0. The predicted molar refractivity (Wildman–Crippen MR) is 11.5 cm³/mol. The van der Waals surface area contributed by atoms with Crippen molar-refractivity contribution in [3.63, 3.8) is 0 Å². The topological polar surface area (TPSA) is 0 Å². The summed E-state index contributed by atoms with van der Waals surface area (Å²) in [5, 5.41) is 0. The Kier molecular flexibility index (Phi) is 1.90. The van der Waals surface area contributed by atoms with Gasteiger partial charge in [0.25, 0.3) is 0 Å². The molecule has 0 saturated heterocycles. The van der Waals surface area contributed by atoms with E-state index in [-0.39, 0.29) is 0 Å². The zero-order valence-corrected chi connectivity index (χ0v) is 2.59. The number of hydrogen-bond donors (Lipinski definition) is 0. The van der Waals surface area contributed by atoms with Gasteiger partial charge in [0.2, 0.25) is 0 Å². The van der Waals surface area contributed by atoms with E-state index in [2.05, 4.69) is 0 Å². The number of alkyl halides is 2. The lowest BCUT2D eigenvalue weighted by Crippen LogP contribution is -1.92. The van der Waals surface area contributed by atoms with Crippen LogP contribution >= 0.6 is 0 Å². The van der Waals surface area contributed by atoms with Gasteiger partial charge in [-0.2, -0.15) is 8.78 Å². The highest BCUT2D eigenvalue weighted by Crippen LogP contribution is 2.13. The molecule has 6 heavy (non-hydrogen) atoms. The van der Waals surface area contributed by atoms with Crippen LogP contribution in [0.15, 0.2) is 0 Å². The maximum absolute atomic E-state index is 10.4. The van der Waals surface area contributed by atoms with Gasteiger partial charge in [-0.25, -0.2) is 8.78 Å². The van der Waals surface area contributed by atoms with Crippen LogP contribution in [-0.4, -0.2) is 6.43 Å². The van der Waals surface area contributed by atoms with E-state index >= 15 is 0 Å². The average molecular weight is 101 g/mol. The molecule has 0 aromatic carbocycles. The van der Waals surface area contributed by atoms with E-state index in [0.29, 0.717) is 0 Å². The van der Waals surface area contributed by atoms with E-state index in [0.717, 1.165) is 0 Å². The minimum absolute atomic E-state index is 2.82. The molecule has 0 heterocycles. The molecule has 0 spiro atoms. The second kappa shape index (κ2) is 2.00. The highest BCUT2D eigenvalue weighted by atomic mass is 19.3. The van der Waals surface area contributed by atoms with Gasteiger partial charge in [0.05, 0.1) is 0 Å². The lowest BCUT2D eigenvalue weighted by molar-refractivity contribution is 0.0559. The minimum Gasteiger partial charge on any atom is -0.203 e. The third kappa shape index (κ3) is 1.99. The van der Waals surface area contributed by atoms with Crippen molar-refractivity contribution >= 4 is 0 Å². The Balaban J connectivity index is 2.99. The van der Waals surface area contributed by atoms with Gasteiger partial charge < -0.3 is 0 Å². The third-order valence-electron chi connectivity index (χ3n) is 0.165. The average Bonchev–Trinajstić information content (AvgIpc) is 1.36. The van der Waals surface area contributed by atoms with Crippen LogP contribution in [0, 0.1) is 6.43 Å². The smallest absolute Gasteiger partial charge is 0.203 e. The monoisotopic (exact) mass is 101 g/mol. The van der Waals surface area contributed by atoms with Gasteiger partial charge in [-0.05, 0) is 0 Å². The molecular formula is C2HF4. The summed E-state index contributed by atoms with van der Waals surface area (Å²) in [6.45, 7) is 0. The van der Waals surface area contributed by atoms with Crippen LogP contribution in [0.4, 0.5) is 17.6 Å². The van der Waals surface area contributed by atoms with E-state index in [4.69, 9.17) is 0 Å². The fraction of sp³-hybridized carbons (Fsp3) is 0.500. The first-order valence-corrected chi connectivity index (χ1v) is 1.10. The summed E-state index contributed by atoms with van der Waals surface area (Å²) in [5.41, 5.74) is 0. The van der Waals surface area contributed by atoms with Crippen LogP contribution in [0.3, 0.4) is 0 Å². The Morgan fingerprint density at radius 2 is 1.33 bits per heavy atom. The van der Waals surface area contributed by atoms with E-state index in [1.54, 1.807) is 0 Å². The molecule has 4 heteroatoms. The summed E-state index contributed by atoms with van der Waals surface area (Å²) >= 11 is 0. The summed E-state index contributed by atoms with van der Waals surface area (Å²) < 4.78 is 41.4. The van der Waals surface area contributed by atoms with Gasteiger partial charge >= 0.3 is 12.9 Å². The first-order chi connectivity index (χ1) is 2.64. The molecule has 1 radical (unpaired) electrons.